The number of thioether (sulfide) groups is 1. The van der Waals surface area contributed by atoms with E-state index in [1.54, 1.807) is 31.2 Å². The summed E-state index contributed by atoms with van der Waals surface area (Å²) >= 11 is 7.09. The maximum Gasteiger partial charge on any atom is 0.337 e. The summed E-state index contributed by atoms with van der Waals surface area (Å²) in [5, 5.41) is 20.9. The van der Waals surface area contributed by atoms with Gasteiger partial charge in [0.15, 0.2) is 5.60 Å². The lowest BCUT2D eigenvalue weighted by Gasteiger charge is -2.19. The first kappa shape index (κ1) is 16.8. The molecule has 0 saturated carbocycles. The van der Waals surface area contributed by atoms with Crippen LogP contribution in [-0.2, 0) is 9.59 Å². The minimum absolute atomic E-state index is 0.341. The number of nitrogens with one attached hydrogen (secondary N) is 1. The van der Waals surface area contributed by atoms with E-state index in [-0.39, 0.29) is 12.5 Å². The van der Waals surface area contributed by atoms with Gasteiger partial charge in [0.25, 0.3) is 0 Å². The first-order valence-electron chi connectivity index (χ1n) is 5.88. The number of benzene rings is 1. The van der Waals surface area contributed by atoms with E-state index in [1.165, 1.54) is 11.8 Å². The van der Waals surface area contributed by atoms with Crippen molar-refractivity contribution in [1.29, 1.82) is 0 Å². The molecule has 20 heavy (non-hydrogen) atoms. The van der Waals surface area contributed by atoms with Crippen molar-refractivity contribution < 1.29 is 19.8 Å². The highest BCUT2D eigenvalue weighted by Crippen LogP contribution is 2.24. The largest absolute Gasteiger partial charge is 0.479 e. The van der Waals surface area contributed by atoms with Crippen molar-refractivity contribution in [3.05, 3.63) is 29.3 Å². The number of amides is 1. The first-order chi connectivity index (χ1) is 9.22. The maximum absolute atomic E-state index is 11.8. The molecule has 0 aliphatic rings. The highest BCUT2D eigenvalue weighted by molar-refractivity contribution is 8.00. The van der Waals surface area contributed by atoms with Gasteiger partial charge in [0.1, 0.15) is 0 Å². The van der Waals surface area contributed by atoms with Crippen LogP contribution in [0.5, 0.6) is 0 Å². The number of carboxylic acids is 1. The summed E-state index contributed by atoms with van der Waals surface area (Å²) < 4.78 is 0. The summed E-state index contributed by atoms with van der Waals surface area (Å²) in [4.78, 5) is 23.4. The van der Waals surface area contributed by atoms with Crippen LogP contribution in [0.15, 0.2) is 29.2 Å². The highest BCUT2D eigenvalue weighted by Gasteiger charge is 2.30. The molecule has 2 atom stereocenters. The van der Waals surface area contributed by atoms with Gasteiger partial charge in [-0.25, -0.2) is 4.79 Å². The van der Waals surface area contributed by atoms with Gasteiger partial charge in [0.2, 0.25) is 5.91 Å². The van der Waals surface area contributed by atoms with E-state index in [4.69, 9.17) is 16.7 Å². The van der Waals surface area contributed by atoms with Gasteiger partial charge in [-0.05, 0) is 38.1 Å². The van der Waals surface area contributed by atoms with Crippen molar-refractivity contribution in [2.24, 2.45) is 0 Å². The zero-order valence-corrected chi connectivity index (χ0v) is 12.7. The van der Waals surface area contributed by atoms with Crippen LogP contribution in [0.25, 0.3) is 0 Å². The molecule has 3 N–H and O–H groups in total. The smallest absolute Gasteiger partial charge is 0.337 e. The molecule has 0 fully saturated rings. The van der Waals surface area contributed by atoms with Crippen LogP contribution in [0, 0.1) is 0 Å². The zero-order valence-electron chi connectivity index (χ0n) is 11.1. The predicted octanol–water partition coefficient (Wildman–Crippen LogP) is 1.77. The van der Waals surface area contributed by atoms with E-state index in [9.17, 15) is 14.7 Å². The van der Waals surface area contributed by atoms with Crippen molar-refractivity contribution in [3.8, 4) is 0 Å². The summed E-state index contributed by atoms with van der Waals surface area (Å²) in [5.74, 6) is -1.72. The Labute approximate surface area is 126 Å². The molecule has 1 rings (SSSR count). The minimum atomic E-state index is -1.97. The van der Waals surface area contributed by atoms with Crippen molar-refractivity contribution in [3.63, 3.8) is 0 Å². The fourth-order valence-corrected chi connectivity index (χ4v) is 2.27. The fourth-order valence-electron chi connectivity index (χ4n) is 1.25. The molecule has 0 radical (unpaired) electrons. The molecule has 1 aromatic rings. The van der Waals surface area contributed by atoms with Gasteiger partial charge in [-0.3, -0.25) is 4.79 Å². The van der Waals surface area contributed by atoms with Gasteiger partial charge >= 0.3 is 5.97 Å². The summed E-state index contributed by atoms with van der Waals surface area (Å²) in [5.41, 5.74) is -1.97. The number of aliphatic hydroxyl groups is 1. The van der Waals surface area contributed by atoms with Crippen LogP contribution in [-0.4, -0.2) is 39.5 Å². The lowest BCUT2D eigenvalue weighted by molar-refractivity contribution is -0.156. The number of carbonyl (C=O) groups is 2. The van der Waals surface area contributed by atoms with Gasteiger partial charge in [-0.2, -0.15) is 0 Å². The second-order valence-electron chi connectivity index (χ2n) is 4.51. The molecule has 1 aromatic carbocycles. The molecule has 0 aliphatic carbocycles. The average Bonchev–Trinajstić information content (AvgIpc) is 2.38. The Balaban J connectivity index is 2.51. The predicted molar refractivity (Wildman–Crippen MR) is 78.0 cm³/mol. The van der Waals surface area contributed by atoms with Crippen LogP contribution < -0.4 is 5.32 Å². The molecule has 0 bridgehead atoms. The van der Waals surface area contributed by atoms with E-state index in [2.05, 4.69) is 5.32 Å². The molecule has 2 unspecified atom stereocenters. The molecule has 5 nitrogen and oxygen atoms in total. The molecule has 110 valence electrons. The lowest BCUT2D eigenvalue weighted by Crippen LogP contribution is -2.48. The van der Waals surface area contributed by atoms with Gasteiger partial charge in [-0.15, -0.1) is 11.8 Å². The monoisotopic (exact) mass is 317 g/mol. The number of rotatable bonds is 6. The number of halogens is 1. The van der Waals surface area contributed by atoms with Gasteiger partial charge in [0, 0.05) is 9.92 Å². The Morgan fingerprint density at radius 3 is 2.45 bits per heavy atom. The second kappa shape index (κ2) is 6.97. The summed E-state index contributed by atoms with van der Waals surface area (Å²) in [7, 11) is 0. The van der Waals surface area contributed by atoms with E-state index in [0.717, 1.165) is 11.8 Å². The molecular weight excluding hydrogens is 302 g/mol. The van der Waals surface area contributed by atoms with Crippen LogP contribution in [0.3, 0.4) is 0 Å². The summed E-state index contributed by atoms with van der Waals surface area (Å²) in [6, 6.07) is 7.04. The van der Waals surface area contributed by atoms with Crippen LogP contribution >= 0.6 is 23.4 Å². The maximum atomic E-state index is 11.8. The van der Waals surface area contributed by atoms with E-state index in [0.29, 0.717) is 5.02 Å². The molecule has 0 spiro atoms. The number of carbonyl (C=O) groups excluding carboxylic acids is 1. The van der Waals surface area contributed by atoms with Crippen molar-refractivity contribution in [2.75, 3.05) is 6.54 Å². The normalized spacial score (nSPS) is 15.2. The SMILES string of the molecule is CC(Sc1ccc(Cl)cc1)C(=O)NCC(C)(O)C(=O)O. The van der Waals surface area contributed by atoms with Crippen molar-refractivity contribution in [2.45, 2.75) is 29.6 Å². The number of carboxylic acid groups (broad SMARTS) is 1. The fraction of sp³-hybridized carbons (Fsp3) is 0.385. The lowest BCUT2D eigenvalue weighted by atomic mass is 10.1. The Morgan fingerprint density at radius 2 is 1.95 bits per heavy atom. The molecule has 7 heteroatoms. The third-order valence-electron chi connectivity index (χ3n) is 2.56. The number of hydrogen-bond acceptors (Lipinski definition) is 4. The summed E-state index contributed by atoms with van der Waals surface area (Å²) in [6.45, 7) is 2.49. The molecule has 0 heterocycles. The van der Waals surface area contributed by atoms with Crippen LogP contribution in [0.1, 0.15) is 13.8 Å². The Kier molecular flexibility index (Phi) is 5.86. The Bertz CT molecular complexity index is 490. The number of hydrogen-bond donors (Lipinski definition) is 3. The molecule has 0 saturated heterocycles. The topological polar surface area (TPSA) is 86.6 Å². The first-order valence-corrected chi connectivity index (χ1v) is 7.14. The zero-order chi connectivity index (χ0) is 15.3. The van der Waals surface area contributed by atoms with E-state index in [1.807, 2.05) is 0 Å². The molecule has 1 amide bonds. The molecule has 0 aromatic heterocycles. The second-order valence-corrected chi connectivity index (χ2v) is 6.36. The number of aliphatic carboxylic acids is 1. The quantitative estimate of drug-likeness (QED) is 0.696. The third-order valence-corrected chi connectivity index (χ3v) is 3.93. The van der Waals surface area contributed by atoms with Crippen LogP contribution in [0.4, 0.5) is 0 Å². The van der Waals surface area contributed by atoms with Gasteiger partial charge in [0.05, 0.1) is 11.8 Å². The van der Waals surface area contributed by atoms with Crippen LogP contribution in [0.2, 0.25) is 5.02 Å². The van der Waals surface area contributed by atoms with Gasteiger partial charge in [-0.1, -0.05) is 11.6 Å². The Hall–Kier alpha value is -1.24. The van der Waals surface area contributed by atoms with Crippen molar-refractivity contribution in [1.82, 2.24) is 5.32 Å². The van der Waals surface area contributed by atoms with E-state index >= 15 is 0 Å². The minimum Gasteiger partial charge on any atom is -0.479 e. The Morgan fingerprint density at radius 1 is 1.40 bits per heavy atom. The van der Waals surface area contributed by atoms with E-state index < -0.39 is 16.8 Å². The standard InChI is InChI=1S/C13H16ClNO4S/c1-8(20-10-5-3-9(14)4-6-10)11(16)15-7-13(2,19)12(17)18/h3-6,8,19H,7H2,1-2H3,(H,15,16)(H,17,18). The summed E-state index contributed by atoms with van der Waals surface area (Å²) in [6.07, 6.45) is 0. The third kappa shape index (κ3) is 5.03. The highest BCUT2D eigenvalue weighted by atomic mass is 35.5. The molecular formula is C13H16ClNO4S. The molecule has 0 aliphatic heterocycles. The van der Waals surface area contributed by atoms with Gasteiger partial charge < -0.3 is 15.5 Å². The van der Waals surface area contributed by atoms with Crippen molar-refractivity contribution >= 4 is 35.2 Å². The average molecular weight is 318 g/mol.